The Kier molecular flexibility index (Phi) is 7.29. The van der Waals surface area contributed by atoms with Crippen molar-refractivity contribution in [1.82, 2.24) is 9.88 Å². The third-order valence-electron chi connectivity index (χ3n) is 6.13. The summed E-state index contributed by atoms with van der Waals surface area (Å²) in [7, 11) is 0. The molecule has 0 spiro atoms. The molecule has 0 unspecified atom stereocenters. The Morgan fingerprint density at radius 2 is 1.57 bits per heavy atom. The quantitative estimate of drug-likeness (QED) is 0.291. The predicted molar refractivity (Wildman–Crippen MR) is 133 cm³/mol. The maximum Gasteiger partial charge on any atom is 0.416 e. The van der Waals surface area contributed by atoms with Gasteiger partial charge >= 0.3 is 6.18 Å². The fourth-order valence-corrected chi connectivity index (χ4v) is 4.35. The van der Waals surface area contributed by atoms with E-state index in [1.54, 1.807) is 0 Å². The number of carbonyl (C=O) groups is 1. The first-order valence-corrected chi connectivity index (χ1v) is 11.8. The normalized spacial score (nSPS) is 12.7. The van der Waals surface area contributed by atoms with Crippen LogP contribution in [0, 0.1) is 5.92 Å². The second-order valence-corrected chi connectivity index (χ2v) is 9.29. The lowest BCUT2D eigenvalue weighted by molar-refractivity contribution is -0.137. The van der Waals surface area contributed by atoms with Gasteiger partial charge in [0.25, 0.3) is 0 Å². The van der Waals surface area contributed by atoms with Crippen LogP contribution >= 0.6 is 0 Å². The summed E-state index contributed by atoms with van der Waals surface area (Å²) in [4.78, 5) is 12.9. The van der Waals surface area contributed by atoms with Gasteiger partial charge in [0.2, 0.25) is 5.91 Å². The fourth-order valence-electron chi connectivity index (χ4n) is 4.35. The molecule has 0 bridgehead atoms. The molecule has 0 aliphatic rings. The van der Waals surface area contributed by atoms with Crippen molar-refractivity contribution >= 4 is 16.8 Å². The average molecular weight is 479 g/mol. The Labute approximate surface area is 203 Å². The Hall–Kier alpha value is -3.54. The summed E-state index contributed by atoms with van der Waals surface area (Å²) in [6, 6.07) is 23.2. The van der Waals surface area contributed by atoms with Crippen LogP contribution in [0.4, 0.5) is 13.2 Å². The molecule has 0 fully saturated rings. The van der Waals surface area contributed by atoms with E-state index < -0.39 is 11.7 Å². The van der Waals surface area contributed by atoms with Crippen LogP contribution in [0.1, 0.15) is 48.4 Å². The van der Waals surface area contributed by atoms with E-state index in [-0.39, 0.29) is 18.2 Å². The van der Waals surface area contributed by atoms with Gasteiger partial charge in [-0.25, -0.2) is 0 Å². The number of fused-ring (bicyclic) bond motifs is 1. The Morgan fingerprint density at radius 3 is 2.23 bits per heavy atom. The molecule has 0 aliphatic heterocycles. The molecule has 6 heteroatoms. The van der Waals surface area contributed by atoms with Gasteiger partial charge in [-0.3, -0.25) is 4.79 Å². The van der Waals surface area contributed by atoms with Crippen LogP contribution in [0.3, 0.4) is 0 Å². The summed E-state index contributed by atoms with van der Waals surface area (Å²) >= 11 is 0. The minimum Gasteiger partial charge on any atom is -0.356 e. The standard InChI is InChI=1S/C29H29F3N2O/c1-20(2)17-33-28(35)16-25(22-12-14-23(15-13-22)29(30,31)32)26-19-34(18-21-8-4-3-5-9-21)27-11-7-6-10-24(26)27/h3-15,19-20,25H,16-18H2,1-2H3,(H,33,35)/t25-/m0/s1. The van der Waals surface area contributed by atoms with E-state index in [4.69, 9.17) is 0 Å². The first-order valence-electron chi connectivity index (χ1n) is 11.8. The maximum absolute atomic E-state index is 13.2. The van der Waals surface area contributed by atoms with Gasteiger partial charge in [-0.05, 0) is 40.8 Å². The van der Waals surface area contributed by atoms with Crippen LogP contribution in [0.2, 0.25) is 0 Å². The van der Waals surface area contributed by atoms with Crippen molar-refractivity contribution in [1.29, 1.82) is 0 Å². The van der Waals surface area contributed by atoms with Gasteiger partial charge in [-0.15, -0.1) is 0 Å². The molecule has 4 rings (SSSR count). The van der Waals surface area contributed by atoms with E-state index in [0.717, 1.165) is 34.2 Å². The zero-order chi connectivity index (χ0) is 25.0. The van der Waals surface area contributed by atoms with Crippen LogP contribution in [0.25, 0.3) is 10.9 Å². The molecule has 182 valence electrons. The number of hydrogen-bond donors (Lipinski definition) is 1. The number of rotatable bonds is 8. The number of hydrogen-bond acceptors (Lipinski definition) is 1. The first kappa shape index (κ1) is 24.6. The SMILES string of the molecule is CC(C)CNC(=O)C[C@@H](c1ccc(C(F)(F)F)cc1)c1cn(Cc2ccccc2)c2ccccc12. The van der Waals surface area contributed by atoms with Crippen LogP contribution < -0.4 is 5.32 Å². The van der Waals surface area contributed by atoms with Crippen molar-refractivity contribution < 1.29 is 18.0 Å². The lowest BCUT2D eigenvalue weighted by Crippen LogP contribution is -2.28. The molecule has 1 heterocycles. The maximum atomic E-state index is 13.2. The van der Waals surface area contributed by atoms with E-state index in [2.05, 4.69) is 22.0 Å². The number of para-hydroxylation sites is 1. The molecular weight excluding hydrogens is 449 g/mol. The van der Waals surface area contributed by atoms with Crippen LogP contribution in [0.5, 0.6) is 0 Å². The summed E-state index contributed by atoms with van der Waals surface area (Å²) in [5.41, 5.74) is 3.07. The number of benzene rings is 3. The summed E-state index contributed by atoms with van der Waals surface area (Å²) in [5.74, 6) is -0.203. The highest BCUT2D eigenvalue weighted by atomic mass is 19.4. The lowest BCUT2D eigenvalue weighted by atomic mass is 9.87. The summed E-state index contributed by atoms with van der Waals surface area (Å²) < 4.78 is 41.7. The van der Waals surface area contributed by atoms with Crippen molar-refractivity contribution in [3.63, 3.8) is 0 Å². The van der Waals surface area contributed by atoms with Gasteiger partial charge in [-0.2, -0.15) is 13.2 Å². The molecule has 0 aliphatic carbocycles. The minimum atomic E-state index is -4.41. The fraction of sp³-hybridized carbons (Fsp3) is 0.276. The highest BCUT2D eigenvalue weighted by Gasteiger charge is 2.31. The van der Waals surface area contributed by atoms with Gasteiger partial charge in [0.1, 0.15) is 0 Å². The van der Waals surface area contributed by atoms with Crippen molar-refractivity contribution in [2.75, 3.05) is 6.54 Å². The molecule has 0 saturated carbocycles. The highest BCUT2D eigenvalue weighted by Crippen LogP contribution is 2.37. The Balaban J connectivity index is 1.76. The monoisotopic (exact) mass is 478 g/mol. The Bertz CT molecular complexity index is 1280. The molecule has 0 radical (unpaired) electrons. The molecule has 35 heavy (non-hydrogen) atoms. The van der Waals surface area contributed by atoms with Crippen molar-refractivity contribution in [3.8, 4) is 0 Å². The van der Waals surface area contributed by atoms with Crippen molar-refractivity contribution in [3.05, 3.63) is 107 Å². The van der Waals surface area contributed by atoms with Crippen LogP contribution in [-0.2, 0) is 17.5 Å². The van der Waals surface area contributed by atoms with Gasteiger partial charge in [-0.1, -0.05) is 74.5 Å². The van der Waals surface area contributed by atoms with E-state index in [1.807, 2.05) is 62.5 Å². The molecule has 0 saturated heterocycles. The third kappa shape index (κ3) is 5.94. The molecule has 1 aromatic heterocycles. The lowest BCUT2D eigenvalue weighted by Gasteiger charge is -2.19. The number of aromatic nitrogens is 1. The molecule has 3 nitrogen and oxygen atoms in total. The van der Waals surface area contributed by atoms with Crippen molar-refractivity contribution in [2.24, 2.45) is 5.92 Å². The van der Waals surface area contributed by atoms with Crippen molar-refractivity contribution in [2.45, 2.75) is 38.9 Å². The predicted octanol–water partition coefficient (Wildman–Crippen LogP) is 7.00. The minimum absolute atomic E-state index is 0.122. The summed E-state index contributed by atoms with van der Waals surface area (Å²) in [6.07, 6.45) is -2.22. The number of halogens is 3. The topological polar surface area (TPSA) is 34.0 Å². The van der Waals surface area contributed by atoms with Gasteiger partial charge in [0.05, 0.1) is 5.56 Å². The number of carbonyl (C=O) groups excluding carboxylic acids is 1. The Morgan fingerprint density at radius 1 is 0.914 bits per heavy atom. The zero-order valence-electron chi connectivity index (χ0n) is 19.8. The number of alkyl halides is 3. The average Bonchev–Trinajstić information content (AvgIpc) is 3.19. The molecule has 1 amide bonds. The van der Waals surface area contributed by atoms with E-state index in [0.29, 0.717) is 24.6 Å². The molecular formula is C29H29F3N2O. The molecule has 1 atom stereocenters. The van der Waals surface area contributed by atoms with Gasteiger partial charge in [0, 0.05) is 42.5 Å². The largest absolute Gasteiger partial charge is 0.416 e. The van der Waals surface area contributed by atoms with Crippen LogP contribution in [0.15, 0.2) is 85.1 Å². The van der Waals surface area contributed by atoms with Gasteiger partial charge < -0.3 is 9.88 Å². The van der Waals surface area contributed by atoms with E-state index in [1.165, 1.54) is 12.1 Å². The van der Waals surface area contributed by atoms with E-state index in [9.17, 15) is 18.0 Å². The third-order valence-corrected chi connectivity index (χ3v) is 6.13. The number of amides is 1. The highest BCUT2D eigenvalue weighted by molar-refractivity contribution is 5.86. The molecule has 4 aromatic rings. The van der Waals surface area contributed by atoms with E-state index >= 15 is 0 Å². The summed E-state index contributed by atoms with van der Waals surface area (Å²) in [6.45, 7) is 5.24. The second-order valence-electron chi connectivity index (χ2n) is 9.29. The van der Waals surface area contributed by atoms with Gasteiger partial charge in [0.15, 0.2) is 0 Å². The summed E-state index contributed by atoms with van der Waals surface area (Å²) in [5, 5.41) is 3.95. The van der Waals surface area contributed by atoms with Crippen LogP contribution in [-0.4, -0.2) is 17.0 Å². The zero-order valence-corrected chi connectivity index (χ0v) is 19.8. The second kappa shape index (κ2) is 10.4. The molecule has 3 aromatic carbocycles. The number of nitrogens with zero attached hydrogens (tertiary/aromatic N) is 1. The first-order chi connectivity index (χ1) is 16.7. The molecule has 1 N–H and O–H groups in total. The number of nitrogens with one attached hydrogen (secondary N) is 1. The smallest absolute Gasteiger partial charge is 0.356 e.